The summed E-state index contributed by atoms with van der Waals surface area (Å²) in [5.74, 6) is 2.54. The monoisotopic (exact) mass is 183 g/mol. The minimum Gasteiger partial charge on any atom is -0.328 e. The average Bonchev–Trinajstić information content (AvgIpc) is 2.04. The predicted molar refractivity (Wildman–Crippen MR) is 53.0 cm³/mol. The predicted octanol–water partition coefficient (Wildman–Crippen LogP) is 2.40. The van der Waals surface area contributed by atoms with Crippen molar-refractivity contribution in [2.24, 2.45) is 5.73 Å². The van der Waals surface area contributed by atoms with Gasteiger partial charge in [0.2, 0.25) is 0 Å². The molecule has 0 saturated heterocycles. The molecule has 2 heteroatoms. The Hall–Kier alpha value is -0.550. The highest BCUT2D eigenvalue weighted by Crippen LogP contribution is 2.35. The van der Waals surface area contributed by atoms with Gasteiger partial charge < -0.3 is 5.73 Å². The van der Waals surface area contributed by atoms with Crippen LogP contribution < -0.4 is 5.73 Å². The van der Waals surface area contributed by atoms with Gasteiger partial charge in [-0.3, -0.25) is 0 Å². The first-order chi connectivity index (χ1) is 6.16. The van der Waals surface area contributed by atoms with E-state index in [2.05, 4.69) is 5.92 Å². The molecule has 0 radical (unpaired) electrons. The van der Waals surface area contributed by atoms with Crippen LogP contribution in [0, 0.1) is 12.3 Å². The van der Waals surface area contributed by atoms with Gasteiger partial charge in [-0.25, -0.2) is 4.39 Å². The Labute approximate surface area is 79.9 Å². The molecule has 2 atom stereocenters. The van der Waals surface area contributed by atoms with Crippen LogP contribution in [-0.2, 0) is 0 Å². The van der Waals surface area contributed by atoms with Gasteiger partial charge in [-0.15, -0.1) is 12.3 Å². The molecule has 1 aliphatic carbocycles. The zero-order chi connectivity index (χ0) is 9.73. The fraction of sp³-hybridized carbons (Fsp3) is 0.818. The minimum absolute atomic E-state index is 0.0598. The van der Waals surface area contributed by atoms with Gasteiger partial charge in [0.05, 0.1) is 0 Å². The molecule has 1 aliphatic rings. The number of hydrogen-bond acceptors (Lipinski definition) is 1. The summed E-state index contributed by atoms with van der Waals surface area (Å²) in [5, 5.41) is 0. The van der Waals surface area contributed by atoms with E-state index >= 15 is 0 Å². The van der Waals surface area contributed by atoms with Crippen molar-refractivity contribution in [3.05, 3.63) is 0 Å². The summed E-state index contributed by atoms with van der Waals surface area (Å²) in [5.41, 5.74) is 4.71. The van der Waals surface area contributed by atoms with E-state index in [1.807, 2.05) is 0 Å². The third kappa shape index (κ3) is 3.36. The van der Waals surface area contributed by atoms with Crippen molar-refractivity contribution in [2.45, 2.75) is 56.7 Å². The molecule has 0 aliphatic heterocycles. The van der Waals surface area contributed by atoms with E-state index in [9.17, 15) is 4.39 Å². The maximum Gasteiger partial charge on any atom is 0.112 e. The third-order valence-electron chi connectivity index (χ3n) is 2.77. The van der Waals surface area contributed by atoms with E-state index in [1.165, 1.54) is 0 Å². The molecule has 0 heterocycles. The summed E-state index contributed by atoms with van der Waals surface area (Å²) in [6.07, 6.45) is 10.3. The largest absolute Gasteiger partial charge is 0.328 e. The van der Waals surface area contributed by atoms with Crippen LogP contribution in [0.4, 0.5) is 4.39 Å². The van der Waals surface area contributed by atoms with Crippen molar-refractivity contribution >= 4 is 0 Å². The van der Waals surface area contributed by atoms with Gasteiger partial charge in [-0.1, -0.05) is 0 Å². The molecule has 0 aromatic rings. The number of halogens is 1. The van der Waals surface area contributed by atoms with Crippen molar-refractivity contribution in [1.82, 2.24) is 0 Å². The smallest absolute Gasteiger partial charge is 0.112 e. The fourth-order valence-electron chi connectivity index (χ4n) is 2.09. The number of hydrogen-bond donors (Lipinski definition) is 1. The Bertz CT molecular complexity index is 197. The zero-order valence-corrected chi connectivity index (χ0v) is 8.06. The molecular weight excluding hydrogens is 165 g/mol. The topological polar surface area (TPSA) is 26.0 Å². The summed E-state index contributed by atoms with van der Waals surface area (Å²) in [7, 11) is 0. The molecule has 1 saturated carbocycles. The highest BCUT2D eigenvalue weighted by atomic mass is 19.1. The van der Waals surface area contributed by atoms with Crippen molar-refractivity contribution in [2.75, 3.05) is 0 Å². The molecule has 1 nitrogen and oxygen atoms in total. The van der Waals surface area contributed by atoms with E-state index in [4.69, 9.17) is 12.2 Å². The zero-order valence-electron chi connectivity index (χ0n) is 8.06. The van der Waals surface area contributed by atoms with Crippen molar-refractivity contribution < 1.29 is 4.39 Å². The second-order valence-corrected chi connectivity index (χ2v) is 4.07. The Morgan fingerprint density at radius 2 is 2.38 bits per heavy atom. The summed E-state index contributed by atoms with van der Waals surface area (Å²) in [4.78, 5) is 0. The molecule has 1 fully saturated rings. The van der Waals surface area contributed by atoms with Crippen LogP contribution in [0.1, 0.15) is 44.9 Å². The number of rotatable bonds is 3. The highest BCUT2D eigenvalue weighted by Gasteiger charge is 2.34. The van der Waals surface area contributed by atoms with Gasteiger partial charge in [-0.2, -0.15) is 0 Å². The molecule has 0 bridgehead atoms. The molecular formula is C11H18FN. The van der Waals surface area contributed by atoms with Gasteiger partial charge in [0, 0.05) is 12.5 Å². The Morgan fingerprint density at radius 1 is 1.62 bits per heavy atom. The lowest BCUT2D eigenvalue weighted by atomic mass is 9.80. The maximum absolute atomic E-state index is 14.0. The Balaban J connectivity index is 2.32. The lowest BCUT2D eigenvalue weighted by molar-refractivity contribution is 0.0843. The van der Waals surface area contributed by atoms with Gasteiger partial charge >= 0.3 is 0 Å². The fourth-order valence-corrected chi connectivity index (χ4v) is 2.09. The molecule has 74 valence electrons. The van der Waals surface area contributed by atoms with Gasteiger partial charge in [-0.05, 0) is 38.5 Å². The van der Waals surface area contributed by atoms with E-state index < -0.39 is 5.67 Å². The second kappa shape index (κ2) is 4.62. The van der Waals surface area contributed by atoms with Crippen molar-refractivity contribution in [1.29, 1.82) is 0 Å². The first kappa shape index (κ1) is 10.5. The molecule has 0 aromatic carbocycles. The summed E-state index contributed by atoms with van der Waals surface area (Å²) in [6.45, 7) is 0. The molecule has 0 amide bonds. The summed E-state index contributed by atoms with van der Waals surface area (Å²) in [6, 6.07) is 0.0598. The van der Waals surface area contributed by atoms with Crippen LogP contribution in [-0.4, -0.2) is 11.7 Å². The molecule has 0 spiro atoms. The highest BCUT2D eigenvalue weighted by molar-refractivity contribution is 4.90. The van der Waals surface area contributed by atoms with E-state index in [0.29, 0.717) is 25.7 Å². The van der Waals surface area contributed by atoms with E-state index in [0.717, 1.165) is 19.3 Å². The van der Waals surface area contributed by atoms with E-state index in [-0.39, 0.29) is 6.04 Å². The Kier molecular flexibility index (Phi) is 3.74. The van der Waals surface area contributed by atoms with Crippen LogP contribution in [0.25, 0.3) is 0 Å². The molecule has 1 rings (SSSR count). The summed E-state index contributed by atoms with van der Waals surface area (Å²) < 4.78 is 14.0. The lowest BCUT2D eigenvalue weighted by Gasteiger charge is -2.32. The van der Waals surface area contributed by atoms with Crippen LogP contribution >= 0.6 is 0 Å². The molecule has 2 N–H and O–H groups in total. The quantitative estimate of drug-likeness (QED) is 0.527. The minimum atomic E-state index is -1.02. The second-order valence-electron chi connectivity index (χ2n) is 4.07. The summed E-state index contributed by atoms with van der Waals surface area (Å²) >= 11 is 0. The van der Waals surface area contributed by atoms with Gasteiger partial charge in [0.1, 0.15) is 5.67 Å². The molecule has 13 heavy (non-hydrogen) atoms. The maximum atomic E-state index is 14.0. The Morgan fingerprint density at radius 3 is 3.00 bits per heavy atom. The average molecular weight is 183 g/mol. The number of terminal acetylenes is 1. The molecule has 2 unspecified atom stereocenters. The SMILES string of the molecule is C#CCCCC1(F)CCCC(N)C1. The standard InChI is InChI=1S/C11H18FN/c1-2-3-4-7-11(12)8-5-6-10(13)9-11/h1,10H,3-9,13H2. The number of alkyl halides is 1. The van der Waals surface area contributed by atoms with E-state index in [1.54, 1.807) is 0 Å². The number of unbranched alkanes of at least 4 members (excludes halogenated alkanes) is 1. The van der Waals surface area contributed by atoms with Crippen molar-refractivity contribution in [3.8, 4) is 12.3 Å². The van der Waals surface area contributed by atoms with Gasteiger partial charge in [0.25, 0.3) is 0 Å². The van der Waals surface area contributed by atoms with Crippen LogP contribution in [0.2, 0.25) is 0 Å². The van der Waals surface area contributed by atoms with Crippen LogP contribution in [0.5, 0.6) is 0 Å². The third-order valence-corrected chi connectivity index (χ3v) is 2.77. The number of nitrogens with two attached hydrogens (primary N) is 1. The first-order valence-electron chi connectivity index (χ1n) is 5.04. The molecule has 0 aromatic heterocycles. The normalized spacial score (nSPS) is 34.1. The van der Waals surface area contributed by atoms with Crippen LogP contribution in [0.3, 0.4) is 0 Å². The lowest BCUT2D eigenvalue weighted by Crippen LogP contribution is -2.37. The first-order valence-corrected chi connectivity index (χ1v) is 5.04. The van der Waals surface area contributed by atoms with Crippen molar-refractivity contribution in [3.63, 3.8) is 0 Å². The van der Waals surface area contributed by atoms with Crippen LogP contribution in [0.15, 0.2) is 0 Å². The van der Waals surface area contributed by atoms with Gasteiger partial charge in [0.15, 0.2) is 0 Å².